The highest BCUT2D eigenvalue weighted by Crippen LogP contribution is 2.09. The Hall–Kier alpha value is -2.82. The zero-order valence-electron chi connectivity index (χ0n) is 14.3. The molecule has 5 heteroatoms. The van der Waals surface area contributed by atoms with E-state index >= 15 is 0 Å². The second-order valence-corrected chi connectivity index (χ2v) is 5.50. The van der Waals surface area contributed by atoms with Crippen molar-refractivity contribution in [3.63, 3.8) is 0 Å². The predicted octanol–water partition coefficient (Wildman–Crippen LogP) is 3.09. The lowest BCUT2D eigenvalue weighted by Crippen LogP contribution is -2.37. The van der Waals surface area contributed by atoms with Gasteiger partial charge in [0.1, 0.15) is 5.75 Å². The van der Waals surface area contributed by atoms with Crippen molar-refractivity contribution in [1.29, 1.82) is 0 Å². The van der Waals surface area contributed by atoms with Crippen LogP contribution in [0.15, 0.2) is 60.7 Å². The van der Waals surface area contributed by atoms with Gasteiger partial charge in [-0.1, -0.05) is 55.5 Å². The van der Waals surface area contributed by atoms with Crippen molar-refractivity contribution >= 4 is 11.9 Å². The first-order valence-corrected chi connectivity index (χ1v) is 8.38. The maximum absolute atomic E-state index is 12.2. The first-order chi connectivity index (χ1) is 12.2. The molecule has 0 aromatic heterocycles. The second-order valence-electron chi connectivity index (χ2n) is 5.50. The molecule has 0 saturated heterocycles. The monoisotopic (exact) mass is 341 g/mol. The molecular weight excluding hydrogens is 318 g/mol. The number of ether oxygens (including phenoxy) is 2. The van der Waals surface area contributed by atoms with Crippen molar-refractivity contribution in [1.82, 2.24) is 5.32 Å². The van der Waals surface area contributed by atoms with Gasteiger partial charge in [-0.3, -0.25) is 9.59 Å². The standard InChI is InChI=1S/C20H23NO4/c1-2-18(20(23)21-15-16-9-5-3-6-10-16)25-19(22)13-14-24-17-11-7-4-8-12-17/h3-12,18H,2,13-15H2,1H3,(H,21,23). The Morgan fingerprint density at radius 3 is 2.28 bits per heavy atom. The zero-order valence-corrected chi connectivity index (χ0v) is 14.3. The molecule has 0 fully saturated rings. The summed E-state index contributed by atoms with van der Waals surface area (Å²) in [5, 5.41) is 2.79. The summed E-state index contributed by atoms with van der Waals surface area (Å²) in [5.74, 6) is -0.0377. The van der Waals surface area contributed by atoms with Crippen LogP contribution in [0.3, 0.4) is 0 Å². The van der Waals surface area contributed by atoms with E-state index in [0.717, 1.165) is 5.56 Å². The Bertz CT molecular complexity index is 658. The summed E-state index contributed by atoms with van der Waals surface area (Å²) in [6, 6.07) is 18.8. The summed E-state index contributed by atoms with van der Waals surface area (Å²) in [6.07, 6.45) is -0.267. The summed E-state index contributed by atoms with van der Waals surface area (Å²) < 4.78 is 10.7. The highest BCUT2D eigenvalue weighted by Gasteiger charge is 2.20. The van der Waals surface area contributed by atoms with Gasteiger partial charge < -0.3 is 14.8 Å². The smallest absolute Gasteiger partial charge is 0.310 e. The zero-order chi connectivity index (χ0) is 17.9. The van der Waals surface area contributed by atoms with E-state index in [1.54, 1.807) is 6.92 Å². The molecule has 1 atom stereocenters. The fourth-order valence-electron chi connectivity index (χ4n) is 2.21. The average Bonchev–Trinajstić information content (AvgIpc) is 2.66. The fourth-order valence-corrected chi connectivity index (χ4v) is 2.21. The number of carbonyl (C=O) groups is 2. The van der Waals surface area contributed by atoms with E-state index in [4.69, 9.17) is 9.47 Å². The molecule has 0 radical (unpaired) electrons. The van der Waals surface area contributed by atoms with Gasteiger partial charge in [-0.25, -0.2) is 0 Å². The summed E-state index contributed by atoms with van der Waals surface area (Å²) in [5.41, 5.74) is 0.994. The third kappa shape index (κ3) is 6.67. The molecule has 0 aliphatic rings. The van der Waals surface area contributed by atoms with Crippen molar-refractivity contribution in [2.24, 2.45) is 0 Å². The molecule has 0 bridgehead atoms. The van der Waals surface area contributed by atoms with Crippen LogP contribution in [-0.2, 0) is 20.9 Å². The molecular formula is C20H23NO4. The van der Waals surface area contributed by atoms with Crippen molar-refractivity contribution in [2.75, 3.05) is 6.61 Å². The van der Waals surface area contributed by atoms with Gasteiger partial charge in [0.2, 0.25) is 0 Å². The number of hydrogen-bond donors (Lipinski definition) is 1. The lowest BCUT2D eigenvalue weighted by molar-refractivity contribution is -0.156. The maximum Gasteiger partial charge on any atom is 0.310 e. The third-order valence-electron chi connectivity index (χ3n) is 3.56. The summed E-state index contributed by atoms with van der Waals surface area (Å²) >= 11 is 0. The Morgan fingerprint density at radius 1 is 1.00 bits per heavy atom. The largest absolute Gasteiger partial charge is 0.493 e. The lowest BCUT2D eigenvalue weighted by atomic mass is 10.2. The van der Waals surface area contributed by atoms with Gasteiger partial charge in [0, 0.05) is 6.54 Å². The van der Waals surface area contributed by atoms with E-state index in [-0.39, 0.29) is 18.9 Å². The van der Waals surface area contributed by atoms with Crippen LogP contribution in [0.1, 0.15) is 25.3 Å². The van der Waals surface area contributed by atoms with Gasteiger partial charge in [-0.15, -0.1) is 0 Å². The van der Waals surface area contributed by atoms with Crippen LogP contribution in [0, 0.1) is 0 Å². The minimum atomic E-state index is -0.784. The van der Waals surface area contributed by atoms with Gasteiger partial charge in [0.15, 0.2) is 6.10 Å². The minimum absolute atomic E-state index is 0.0946. The Morgan fingerprint density at radius 2 is 1.64 bits per heavy atom. The molecule has 2 rings (SSSR count). The molecule has 132 valence electrons. The average molecular weight is 341 g/mol. The molecule has 2 aromatic rings. The second kappa shape index (κ2) is 10.1. The molecule has 0 aliphatic carbocycles. The van der Waals surface area contributed by atoms with Gasteiger partial charge in [-0.2, -0.15) is 0 Å². The van der Waals surface area contributed by atoms with Crippen molar-refractivity contribution < 1.29 is 19.1 Å². The van der Waals surface area contributed by atoms with Crippen molar-refractivity contribution in [3.8, 4) is 5.75 Å². The van der Waals surface area contributed by atoms with Crippen LogP contribution >= 0.6 is 0 Å². The van der Waals surface area contributed by atoms with Gasteiger partial charge in [-0.05, 0) is 24.1 Å². The molecule has 1 N–H and O–H groups in total. The lowest BCUT2D eigenvalue weighted by Gasteiger charge is -2.16. The van der Waals surface area contributed by atoms with Crippen molar-refractivity contribution in [2.45, 2.75) is 32.4 Å². The normalized spacial score (nSPS) is 11.4. The topological polar surface area (TPSA) is 64.6 Å². The number of carbonyl (C=O) groups excluding carboxylic acids is 2. The number of hydrogen-bond acceptors (Lipinski definition) is 4. The van der Waals surface area contributed by atoms with Crippen LogP contribution in [0.4, 0.5) is 0 Å². The van der Waals surface area contributed by atoms with E-state index in [9.17, 15) is 9.59 Å². The highest BCUT2D eigenvalue weighted by atomic mass is 16.6. The number of benzene rings is 2. The number of nitrogens with one attached hydrogen (secondary N) is 1. The van der Waals surface area contributed by atoms with Crippen LogP contribution in [-0.4, -0.2) is 24.6 Å². The summed E-state index contributed by atoms with van der Waals surface area (Å²) in [4.78, 5) is 24.1. The van der Waals surface area contributed by atoms with Gasteiger partial charge in [0.25, 0.3) is 5.91 Å². The minimum Gasteiger partial charge on any atom is -0.493 e. The molecule has 0 spiro atoms. The van der Waals surface area contributed by atoms with E-state index in [1.165, 1.54) is 0 Å². The molecule has 0 aliphatic heterocycles. The van der Waals surface area contributed by atoms with Crippen LogP contribution in [0.2, 0.25) is 0 Å². The molecule has 1 unspecified atom stereocenters. The van der Waals surface area contributed by atoms with Gasteiger partial charge in [0.05, 0.1) is 13.0 Å². The Labute approximate surface area is 148 Å². The summed E-state index contributed by atoms with van der Waals surface area (Å²) in [6.45, 7) is 2.43. The molecule has 25 heavy (non-hydrogen) atoms. The van der Waals surface area contributed by atoms with E-state index in [0.29, 0.717) is 18.7 Å². The molecule has 5 nitrogen and oxygen atoms in total. The van der Waals surface area contributed by atoms with E-state index in [1.807, 2.05) is 60.7 Å². The van der Waals surface area contributed by atoms with E-state index in [2.05, 4.69) is 5.32 Å². The Kier molecular flexibility index (Phi) is 7.50. The quantitative estimate of drug-likeness (QED) is 0.712. The molecule has 0 heterocycles. The molecule has 0 saturated carbocycles. The number of rotatable bonds is 9. The fraction of sp³-hybridized carbons (Fsp3) is 0.300. The molecule has 1 amide bonds. The summed E-state index contributed by atoms with van der Waals surface area (Å²) in [7, 11) is 0. The maximum atomic E-state index is 12.2. The molecule has 2 aromatic carbocycles. The predicted molar refractivity (Wildman–Crippen MR) is 95.0 cm³/mol. The van der Waals surface area contributed by atoms with Gasteiger partial charge >= 0.3 is 5.97 Å². The van der Waals surface area contributed by atoms with Crippen LogP contribution < -0.4 is 10.1 Å². The van der Waals surface area contributed by atoms with Crippen LogP contribution in [0.25, 0.3) is 0 Å². The highest BCUT2D eigenvalue weighted by molar-refractivity contribution is 5.83. The number of esters is 1. The number of amides is 1. The van der Waals surface area contributed by atoms with Crippen molar-refractivity contribution in [3.05, 3.63) is 66.2 Å². The van der Waals surface area contributed by atoms with Crippen LogP contribution in [0.5, 0.6) is 5.75 Å². The number of para-hydroxylation sites is 1. The first kappa shape index (κ1) is 18.5. The first-order valence-electron chi connectivity index (χ1n) is 8.38. The Balaban J connectivity index is 1.72. The SMILES string of the molecule is CCC(OC(=O)CCOc1ccccc1)C(=O)NCc1ccccc1. The third-order valence-corrected chi connectivity index (χ3v) is 3.56. The van der Waals surface area contributed by atoms with E-state index < -0.39 is 12.1 Å².